The van der Waals surface area contributed by atoms with E-state index >= 15 is 0 Å². The quantitative estimate of drug-likeness (QED) is 0.418. The Hall–Kier alpha value is -2.38. The van der Waals surface area contributed by atoms with Crippen LogP contribution in [0.1, 0.15) is 46.5 Å². The molecule has 0 aliphatic carbocycles. The van der Waals surface area contributed by atoms with Crippen LogP contribution in [-0.2, 0) is 4.79 Å². The van der Waals surface area contributed by atoms with Crippen LogP contribution < -0.4 is 15.4 Å². The van der Waals surface area contributed by atoms with E-state index in [4.69, 9.17) is 4.74 Å². The number of carbonyl (C=O) groups is 1. The number of H-pyrrole nitrogens is 1. The van der Waals surface area contributed by atoms with Crippen molar-refractivity contribution in [1.82, 2.24) is 15.5 Å². The second kappa shape index (κ2) is 11.5. The van der Waals surface area contributed by atoms with Gasteiger partial charge in [0.15, 0.2) is 0 Å². The minimum Gasteiger partial charge on any atom is -0.490 e. The average Bonchev–Trinajstić information content (AvgIpc) is 3.20. The van der Waals surface area contributed by atoms with Crippen LogP contribution in [0.4, 0.5) is 5.69 Å². The number of hydrogen-bond acceptors (Lipinski definition) is 5. The Bertz CT molecular complexity index is 716. The smallest absolute Gasteiger partial charge is 0.224 e. The summed E-state index contributed by atoms with van der Waals surface area (Å²) in [6, 6.07) is 7.60. The zero-order valence-corrected chi connectivity index (χ0v) is 17.0. The summed E-state index contributed by atoms with van der Waals surface area (Å²) in [5.41, 5.74) is 2.18. The van der Waals surface area contributed by atoms with Gasteiger partial charge in [0.1, 0.15) is 18.5 Å². The molecule has 0 bridgehead atoms. The van der Waals surface area contributed by atoms with Crippen LogP contribution >= 0.6 is 0 Å². The van der Waals surface area contributed by atoms with Gasteiger partial charge in [0, 0.05) is 36.5 Å². The van der Waals surface area contributed by atoms with Gasteiger partial charge in [-0.05, 0) is 30.7 Å². The van der Waals surface area contributed by atoms with Gasteiger partial charge in [0.25, 0.3) is 0 Å². The van der Waals surface area contributed by atoms with E-state index in [9.17, 15) is 9.90 Å². The maximum Gasteiger partial charge on any atom is 0.224 e. The molecule has 2 aromatic rings. The molecule has 1 aromatic carbocycles. The zero-order valence-electron chi connectivity index (χ0n) is 17.0. The van der Waals surface area contributed by atoms with Crippen LogP contribution in [-0.4, -0.2) is 46.5 Å². The van der Waals surface area contributed by atoms with Crippen LogP contribution in [0.15, 0.2) is 30.5 Å². The molecule has 7 heteroatoms. The molecular formula is C21H32N4O3. The van der Waals surface area contributed by atoms with E-state index in [1.807, 2.05) is 32.0 Å². The summed E-state index contributed by atoms with van der Waals surface area (Å²) in [6.45, 7) is 6.79. The average molecular weight is 389 g/mol. The molecular weight excluding hydrogens is 356 g/mol. The van der Waals surface area contributed by atoms with Gasteiger partial charge >= 0.3 is 0 Å². The Balaban J connectivity index is 2.05. The highest BCUT2D eigenvalue weighted by molar-refractivity contribution is 5.91. The molecule has 0 fully saturated rings. The summed E-state index contributed by atoms with van der Waals surface area (Å²) in [5, 5.41) is 23.2. The standard InChI is InChI=1S/C21H32N4O3/c1-4-5-6-7-21(27)24-16-8-9-20(18(12-16)19-10-11-23-25-19)28-14-17(26)13-22-15(2)3/h8-12,15,17,22,26H,4-7,13-14H2,1-3H3,(H,23,25)(H,24,27). The molecule has 4 N–H and O–H groups in total. The lowest BCUT2D eigenvalue weighted by molar-refractivity contribution is -0.116. The first-order valence-corrected chi connectivity index (χ1v) is 9.98. The minimum atomic E-state index is -0.618. The SMILES string of the molecule is CCCCCC(=O)Nc1ccc(OCC(O)CNC(C)C)c(-c2cc[nH]n2)c1. The van der Waals surface area contributed by atoms with E-state index in [-0.39, 0.29) is 12.5 Å². The number of aliphatic hydroxyl groups excluding tert-OH is 1. The molecule has 0 saturated heterocycles. The van der Waals surface area contributed by atoms with Crippen LogP contribution in [0.3, 0.4) is 0 Å². The number of aliphatic hydroxyl groups is 1. The number of ether oxygens (including phenoxy) is 1. The third-order valence-electron chi connectivity index (χ3n) is 4.24. The number of nitrogens with one attached hydrogen (secondary N) is 3. The molecule has 154 valence electrons. The molecule has 0 saturated carbocycles. The number of anilines is 1. The van der Waals surface area contributed by atoms with Gasteiger partial charge in [-0.1, -0.05) is 33.6 Å². The van der Waals surface area contributed by atoms with Crippen molar-refractivity contribution in [3.8, 4) is 17.0 Å². The minimum absolute atomic E-state index is 0.00489. The summed E-state index contributed by atoms with van der Waals surface area (Å²) in [5.74, 6) is 0.616. The molecule has 0 aliphatic heterocycles. The van der Waals surface area contributed by atoms with Gasteiger partial charge in [-0.2, -0.15) is 5.10 Å². The normalized spacial score (nSPS) is 12.2. The Morgan fingerprint density at radius 3 is 2.79 bits per heavy atom. The maximum absolute atomic E-state index is 12.1. The number of unbranched alkanes of at least 4 members (excludes halogenated alkanes) is 2. The Labute approximate surface area is 166 Å². The van der Waals surface area contributed by atoms with E-state index in [1.165, 1.54) is 0 Å². The number of rotatable bonds is 12. The monoisotopic (exact) mass is 388 g/mol. The molecule has 7 nitrogen and oxygen atoms in total. The van der Waals surface area contributed by atoms with Crippen molar-refractivity contribution in [3.05, 3.63) is 30.5 Å². The van der Waals surface area contributed by atoms with Gasteiger partial charge < -0.3 is 20.5 Å². The van der Waals surface area contributed by atoms with Crippen LogP contribution in [0.25, 0.3) is 11.3 Å². The first-order chi connectivity index (χ1) is 13.5. The predicted octanol–water partition coefficient (Wildman–Crippen LogP) is 3.33. The lowest BCUT2D eigenvalue weighted by Gasteiger charge is -2.17. The molecule has 1 unspecified atom stereocenters. The molecule has 2 rings (SSSR count). The van der Waals surface area contributed by atoms with Crippen molar-refractivity contribution in [2.24, 2.45) is 0 Å². The summed E-state index contributed by atoms with van der Waals surface area (Å²) < 4.78 is 5.84. The second-order valence-corrected chi connectivity index (χ2v) is 7.20. The number of nitrogens with zero attached hydrogens (tertiary/aromatic N) is 1. The maximum atomic E-state index is 12.1. The Morgan fingerprint density at radius 2 is 2.11 bits per heavy atom. The van der Waals surface area contributed by atoms with Crippen molar-refractivity contribution in [2.45, 2.75) is 58.6 Å². The highest BCUT2D eigenvalue weighted by atomic mass is 16.5. The Kier molecular flexibility index (Phi) is 8.97. The molecule has 0 radical (unpaired) electrons. The zero-order chi connectivity index (χ0) is 20.4. The van der Waals surface area contributed by atoms with Gasteiger partial charge in [0.2, 0.25) is 5.91 Å². The highest BCUT2D eigenvalue weighted by Gasteiger charge is 2.13. The van der Waals surface area contributed by atoms with Gasteiger partial charge in [-0.15, -0.1) is 0 Å². The lowest BCUT2D eigenvalue weighted by atomic mass is 10.1. The first kappa shape index (κ1) is 21.9. The fraction of sp³-hybridized carbons (Fsp3) is 0.524. The van der Waals surface area contributed by atoms with E-state index in [0.717, 1.165) is 24.8 Å². The molecule has 1 heterocycles. The predicted molar refractivity (Wildman–Crippen MR) is 111 cm³/mol. The van der Waals surface area contributed by atoms with Crippen molar-refractivity contribution in [3.63, 3.8) is 0 Å². The highest BCUT2D eigenvalue weighted by Crippen LogP contribution is 2.31. The number of aromatic amines is 1. The second-order valence-electron chi connectivity index (χ2n) is 7.20. The van der Waals surface area contributed by atoms with Gasteiger partial charge in [0.05, 0.1) is 5.69 Å². The fourth-order valence-electron chi connectivity index (χ4n) is 2.72. The number of benzene rings is 1. The number of hydrogen-bond donors (Lipinski definition) is 4. The summed E-state index contributed by atoms with van der Waals surface area (Å²) >= 11 is 0. The van der Waals surface area contributed by atoms with E-state index in [0.29, 0.717) is 36.1 Å². The van der Waals surface area contributed by atoms with E-state index in [1.54, 1.807) is 12.3 Å². The molecule has 1 atom stereocenters. The third kappa shape index (κ3) is 7.32. The van der Waals surface area contributed by atoms with Crippen molar-refractivity contribution in [2.75, 3.05) is 18.5 Å². The van der Waals surface area contributed by atoms with Gasteiger partial charge in [-0.25, -0.2) is 0 Å². The van der Waals surface area contributed by atoms with Crippen LogP contribution in [0.2, 0.25) is 0 Å². The van der Waals surface area contributed by atoms with Crippen LogP contribution in [0, 0.1) is 0 Å². The van der Waals surface area contributed by atoms with Crippen LogP contribution in [0.5, 0.6) is 5.75 Å². The number of amides is 1. The van der Waals surface area contributed by atoms with Crippen molar-refractivity contribution in [1.29, 1.82) is 0 Å². The van der Waals surface area contributed by atoms with Crippen molar-refractivity contribution >= 4 is 11.6 Å². The molecule has 1 amide bonds. The number of carbonyl (C=O) groups excluding carboxylic acids is 1. The Morgan fingerprint density at radius 1 is 1.29 bits per heavy atom. The van der Waals surface area contributed by atoms with E-state index in [2.05, 4.69) is 27.8 Å². The number of aromatic nitrogens is 2. The largest absolute Gasteiger partial charge is 0.490 e. The summed E-state index contributed by atoms with van der Waals surface area (Å²) in [6.07, 6.45) is 4.65. The van der Waals surface area contributed by atoms with Crippen molar-refractivity contribution < 1.29 is 14.6 Å². The molecule has 1 aromatic heterocycles. The van der Waals surface area contributed by atoms with Gasteiger partial charge in [-0.3, -0.25) is 9.89 Å². The lowest BCUT2D eigenvalue weighted by Crippen LogP contribution is -2.35. The summed E-state index contributed by atoms with van der Waals surface area (Å²) in [7, 11) is 0. The molecule has 28 heavy (non-hydrogen) atoms. The third-order valence-corrected chi connectivity index (χ3v) is 4.24. The summed E-state index contributed by atoms with van der Waals surface area (Å²) in [4.78, 5) is 12.1. The van der Waals surface area contributed by atoms with E-state index < -0.39 is 6.10 Å². The first-order valence-electron chi connectivity index (χ1n) is 9.98. The topological polar surface area (TPSA) is 99.3 Å². The molecule has 0 aliphatic rings. The molecule has 0 spiro atoms. The fourth-order valence-corrected chi connectivity index (χ4v) is 2.72.